The fraction of sp³-hybridized carbons (Fsp3) is 0.385. The van der Waals surface area contributed by atoms with Gasteiger partial charge >= 0.3 is 0 Å². The normalized spacial score (nSPS) is 19.9. The van der Waals surface area contributed by atoms with E-state index in [0.29, 0.717) is 5.89 Å². The quantitative estimate of drug-likeness (QED) is 0.924. The van der Waals surface area contributed by atoms with E-state index >= 15 is 0 Å². The molecule has 0 aliphatic carbocycles. The van der Waals surface area contributed by atoms with Crippen molar-refractivity contribution in [1.82, 2.24) is 15.5 Å². The van der Waals surface area contributed by atoms with Crippen LogP contribution < -0.4 is 5.32 Å². The summed E-state index contributed by atoms with van der Waals surface area (Å²) in [6.45, 7) is 1.03. The van der Waals surface area contributed by atoms with Crippen molar-refractivity contribution < 1.29 is 4.52 Å². The summed E-state index contributed by atoms with van der Waals surface area (Å²) in [5.41, 5.74) is 0.937. The third kappa shape index (κ3) is 2.33. The Morgan fingerprint density at radius 2 is 2.17 bits per heavy atom. The van der Waals surface area contributed by atoms with Crippen molar-refractivity contribution in [3.8, 4) is 11.5 Å². The van der Waals surface area contributed by atoms with Gasteiger partial charge in [0.05, 0.1) is 11.6 Å². The number of benzene rings is 1. The summed E-state index contributed by atoms with van der Waals surface area (Å²) in [6.07, 6.45) is 3.52. The highest BCUT2D eigenvalue weighted by molar-refractivity contribution is 9.10. The van der Waals surface area contributed by atoms with Gasteiger partial charge in [-0.2, -0.15) is 4.98 Å². The first-order chi connectivity index (χ1) is 8.84. The van der Waals surface area contributed by atoms with Crippen LogP contribution in [0.25, 0.3) is 11.5 Å². The van der Waals surface area contributed by atoms with Gasteiger partial charge in [0.1, 0.15) is 0 Å². The van der Waals surface area contributed by atoms with E-state index in [1.165, 1.54) is 12.8 Å². The third-order valence-corrected chi connectivity index (χ3v) is 3.86. The van der Waals surface area contributed by atoms with Gasteiger partial charge in [0, 0.05) is 4.47 Å². The Labute approximate surface area is 114 Å². The lowest BCUT2D eigenvalue weighted by Gasteiger charge is -2.19. The highest BCUT2D eigenvalue weighted by Gasteiger charge is 2.21. The van der Waals surface area contributed by atoms with Crippen molar-refractivity contribution in [2.75, 3.05) is 6.54 Å². The molecule has 0 spiro atoms. The molecule has 2 aromatic rings. The van der Waals surface area contributed by atoms with E-state index in [1.54, 1.807) is 0 Å². The van der Waals surface area contributed by atoms with Crippen LogP contribution in [0.5, 0.6) is 0 Å². The zero-order valence-corrected chi connectivity index (χ0v) is 11.5. The van der Waals surface area contributed by atoms with Crippen LogP contribution >= 0.6 is 15.9 Å². The molecule has 1 aromatic carbocycles. The van der Waals surface area contributed by atoms with Crippen molar-refractivity contribution in [2.45, 2.75) is 25.3 Å². The molecule has 1 saturated heterocycles. The fourth-order valence-corrected chi connectivity index (χ4v) is 2.65. The molecule has 2 heterocycles. The molecular formula is C13H14BrN3O. The summed E-state index contributed by atoms with van der Waals surface area (Å²) in [5.74, 6) is 1.34. The van der Waals surface area contributed by atoms with Crippen LogP contribution in [0, 0.1) is 0 Å². The number of hydrogen-bond donors (Lipinski definition) is 1. The molecular weight excluding hydrogens is 294 g/mol. The number of nitrogens with one attached hydrogen (secondary N) is 1. The average Bonchev–Trinajstić information content (AvgIpc) is 2.90. The largest absolute Gasteiger partial charge is 0.334 e. The number of nitrogens with zero attached hydrogens (tertiary/aromatic N) is 2. The Balaban J connectivity index is 1.87. The summed E-state index contributed by atoms with van der Waals surface area (Å²) in [7, 11) is 0. The van der Waals surface area contributed by atoms with E-state index in [1.807, 2.05) is 24.3 Å². The second kappa shape index (κ2) is 5.20. The molecule has 94 valence electrons. The third-order valence-electron chi connectivity index (χ3n) is 3.17. The molecule has 0 amide bonds. The average molecular weight is 308 g/mol. The van der Waals surface area contributed by atoms with Crippen molar-refractivity contribution in [2.24, 2.45) is 0 Å². The summed E-state index contributed by atoms with van der Waals surface area (Å²) >= 11 is 3.49. The van der Waals surface area contributed by atoms with Gasteiger partial charge in [0.25, 0.3) is 5.89 Å². The summed E-state index contributed by atoms with van der Waals surface area (Å²) in [6, 6.07) is 8.10. The number of hydrogen-bond acceptors (Lipinski definition) is 4. The monoisotopic (exact) mass is 307 g/mol. The van der Waals surface area contributed by atoms with Crippen molar-refractivity contribution in [1.29, 1.82) is 0 Å². The Morgan fingerprint density at radius 3 is 2.94 bits per heavy atom. The van der Waals surface area contributed by atoms with E-state index in [4.69, 9.17) is 4.52 Å². The smallest absolute Gasteiger partial charge is 0.259 e. The standard InChI is InChI=1S/C13H14BrN3O/c14-10-6-2-1-5-9(10)13-16-12(17-18-13)11-7-3-4-8-15-11/h1-2,5-6,11,15H,3-4,7-8H2. The number of rotatable bonds is 2. The minimum atomic E-state index is 0.235. The molecule has 0 saturated carbocycles. The van der Waals surface area contributed by atoms with Gasteiger partial charge in [-0.25, -0.2) is 0 Å². The molecule has 3 rings (SSSR count). The van der Waals surface area contributed by atoms with Gasteiger partial charge in [-0.15, -0.1) is 0 Å². The van der Waals surface area contributed by atoms with Crippen LogP contribution in [0.3, 0.4) is 0 Å². The fourth-order valence-electron chi connectivity index (χ4n) is 2.19. The molecule has 1 unspecified atom stereocenters. The molecule has 1 atom stereocenters. The van der Waals surface area contributed by atoms with E-state index in [0.717, 1.165) is 28.8 Å². The van der Waals surface area contributed by atoms with Crippen LogP contribution in [0.4, 0.5) is 0 Å². The maximum Gasteiger partial charge on any atom is 0.259 e. The highest BCUT2D eigenvalue weighted by atomic mass is 79.9. The zero-order chi connectivity index (χ0) is 12.4. The lowest BCUT2D eigenvalue weighted by molar-refractivity contribution is 0.367. The Morgan fingerprint density at radius 1 is 1.28 bits per heavy atom. The molecule has 1 aliphatic rings. The van der Waals surface area contributed by atoms with Crippen LogP contribution in [-0.4, -0.2) is 16.7 Å². The second-order valence-electron chi connectivity index (χ2n) is 4.44. The van der Waals surface area contributed by atoms with E-state index in [2.05, 4.69) is 31.4 Å². The van der Waals surface area contributed by atoms with Gasteiger partial charge in [-0.05, 0) is 47.4 Å². The number of piperidine rings is 1. The molecule has 1 fully saturated rings. The minimum absolute atomic E-state index is 0.235. The molecule has 5 heteroatoms. The minimum Gasteiger partial charge on any atom is -0.334 e. The molecule has 4 nitrogen and oxygen atoms in total. The van der Waals surface area contributed by atoms with Gasteiger partial charge in [-0.1, -0.05) is 23.7 Å². The van der Waals surface area contributed by atoms with Crippen molar-refractivity contribution in [3.63, 3.8) is 0 Å². The van der Waals surface area contributed by atoms with Crippen LogP contribution in [0.1, 0.15) is 31.1 Å². The molecule has 1 aromatic heterocycles. The van der Waals surface area contributed by atoms with Crippen LogP contribution in [0.15, 0.2) is 33.3 Å². The zero-order valence-electron chi connectivity index (χ0n) is 9.90. The summed E-state index contributed by atoms with van der Waals surface area (Å²) < 4.78 is 6.32. The maximum atomic E-state index is 5.35. The first-order valence-electron chi connectivity index (χ1n) is 6.16. The Kier molecular flexibility index (Phi) is 3.43. The Hall–Kier alpha value is -1.20. The maximum absolute atomic E-state index is 5.35. The molecule has 18 heavy (non-hydrogen) atoms. The Bertz CT molecular complexity index is 535. The molecule has 1 N–H and O–H groups in total. The molecule has 0 bridgehead atoms. The predicted octanol–water partition coefficient (Wildman–Crippen LogP) is 3.31. The number of aromatic nitrogens is 2. The van der Waals surface area contributed by atoms with Crippen molar-refractivity contribution >= 4 is 15.9 Å². The summed E-state index contributed by atoms with van der Waals surface area (Å²) in [4.78, 5) is 4.49. The topological polar surface area (TPSA) is 51.0 Å². The molecule has 1 aliphatic heterocycles. The lowest BCUT2D eigenvalue weighted by Crippen LogP contribution is -2.27. The van der Waals surface area contributed by atoms with Gasteiger partial charge in [0.2, 0.25) is 0 Å². The van der Waals surface area contributed by atoms with E-state index in [-0.39, 0.29) is 6.04 Å². The van der Waals surface area contributed by atoms with Gasteiger partial charge < -0.3 is 9.84 Å². The highest BCUT2D eigenvalue weighted by Crippen LogP contribution is 2.28. The van der Waals surface area contributed by atoms with Gasteiger partial charge in [0.15, 0.2) is 5.82 Å². The second-order valence-corrected chi connectivity index (χ2v) is 5.29. The van der Waals surface area contributed by atoms with E-state index in [9.17, 15) is 0 Å². The SMILES string of the molecule is Brc1ccccc1-c1nc(C2CCCCN2)no1. The van der Waals surface area contributed by atoms with E-state index < -0.39 is 0 Å². The lowest BCUT2D eigenvalue weighted by atomic mass is 10.0. The predicted molar refractivity (Wildman–Crippen MR) is 72.0 cm³/mol. The van der Waals surface area contributed by atoms with Gasteiger partial charge in [-0.3, -0.25) is 0 Å². The molecule has 0 radical (unpaired) electrons. The van der Waals surface area contributed by atoms with Crippen molar-refractivity contribution in [3.05, 3.63) is 34.6 Å². The summed E-state index contributed by atoms with van der Waals surface area (Å²) in [5, 5.41) is 7.51. The first-order valence-corrected chi connectivity index (χ1v) is 6.96. The number of halogens is 1. The van der Waals surface area contributed by atoms with Crippen LogP contribution in [0.2, 0.25) is 0 Å². The first kappa shape index (κ1) is 11.9. The van der Waals surface area contributed by atoms with Crippen LogP contribution in [-0.2, 0) is 0 Å².